The maximum atomic E-state index is 12.1. The van der Waals surface area contributed by atoms with Crippen LogP contribution in [0.4, 0.5) is 13.2 Å². The summed E-state index contributed by atoms with van der Waals surface area (Å²) in [5, 5.41) is 0. The van der Waals surface area contributed by atoms with Crippen LogP contribution in [0.15, 0.2) is 12.2 Å². The molecule has 0 fully saturated rings. The standard InChI is InChI=1S/C13H21F3O3/c1-9(2)12(17)19-8-6-10(3)11(18-4)5-7-13(14,15)16/h10-11H,1,5-8H2,2-4H3. The van der Waals surface area contributed by atoms with Crippen LogP contribution in [-0.4, -0.2) is 32.0 Å². The highest BCUT2D eigenvalue weighted by atomic mass is 19.4. The zero-order chi connectivity index (χ0) is 15.1. The minimum atomic E-state index is -4.18. The molecule has 6 heteroatoms. The van der Waals surface area contributed by atoms with Crippen LogP contribution in [0.1, 0.15) is 33.1 Å². The number of hydrogen-bond acceptors (Lipinski definition) is 3. The van der Waals surface area contributed by atoms with Gasteiger partial charge in [0.1, 0.15) is 0 Å². The highest BCUT2D eigenvalue weighted by Gasteiger charge is 2.29. The van der Waals surface area contributed by atoms with Crippen molar-refractivity contribution in [3.8, 4) is 0 Å². The number of ether oxygens (including phenoxy) is 2. The summed E-state index contributed by atoms with van der Waals surface area (Å²) in [5.41, 5.74) is 0.299. The molecule has 0 amide bonds. The van der Waals surface area contributed by atoms with Crippen LogP contribution in [0.3, 0.4) is 0 Å². The summed E-state index contributed by atoms with van der Waals surface area (Å²) in [6.45, 7) is 6.90. The molecule has 0 saturated heterocycles. The third-order valence-corrected chi connectivity index (χ3v) is 2.80. The smallest absolute Gasteiger partial charge is 0.389 e. The monoisotopic (exact) mass is 282 g/mol. The lowest BCUT2D eigenvalue weighted by atomic mass is 9.97. The molecule has 2 unspecified atom stereocenters. The SMILES string of the molecule is C=C(C)C(=O)OCCC(C)C(CCC(F)(F)F)OC. The summed E-state index contributed by atoms with van der Waals surface area (Å²) in [5.74, 6) is -0.610. The van der Waals surface area contributed by atoms with E-state index in [1.807, 2.05) is 0 Å². The first kappa shape index (κ1) is 18.0. The topological polar surface area (TPSA) is 35.5 Å². The van der Waals surface area contributed by atoms with Gasteiger partial charge in [-0.25, -0.2) is 4.79 Å². The van der Waals surface area contributed by atoms with Gasteiger partial charge in [0.25, 0.3) is 0 Å². The summed E-state index contributed by atoms with van der Waals surface area (Å²) in [6, 6.07) is 0. The van der Waals surface area contributed by atoms with Crippen LogP contribution in [0.5, 0.6) is 0 Å². The molecule has 112 valence electrons. The van der Waals surface area contributed by atoms with Gasteiger partial charge in [-0.15, -0.1) is 0 Å². The highest BCUT2D eigenvalue weighted by molar-refractivity contribution is 5.86. The first-order valence-electron chi connectivity index (χ1n) is 6.09. The maximum Gasteiger partial charge on any atom is 0.389 e. The number of hydrogen-bond donors (Lipinski definition) is 0. The van der Waals surface area contributed by atoms with Crippen molar-refractivity contribution < 1.29 is 27.4 Å². The lowest BCUT2D eigenvalue weighted by molar-refractivity contribution is -0.143. The molecule has 0 aliphatic rings. The number of carbonyl (C=O) groups excluding carboxylic acids is 1. The van der Waals surface area contributed by atoms with Gasteiger partial charge in [0.05, 0.1) is 12.7 Å². The molecule has 0 radical (unpaired) electrons. The molecule has 0 spiro atoms. The van der Waals surface area contributed by atoms with E-state index in [2.05, 4.69) is 6.58 Å². The number of methoxy groups -OCH3 is 1. The van der Waals surface area contributed by atoms with Gasteiger partial charge < -0.3 is 9.47 Å². The summed E-state index contributed by atoms with van der Waals surface area (Å²) in [4.78, 5) is 11.1. The second kappa shape index (κ2) is 8.19. The molecule has 0 aromatic rings. The molecule has 0 N–H and O–H groups in total. The second-order valence-electron chi connectivity index (χ2n) is 4.61. The van der Waals surface area contributed by atoms with Crippen molar-refractivity contribution in [2.24, 2.45) is 5.92 Å². The van der Waals surface area contributed by atoms with Gasteiger partial charge in [0, 0.05) is 19.1 Å². The lowest BCUT2D eigenvalue weighted by Crippen LogP contribution is -2.24. The largest absolute Gasteiger partial charge is 0.462 e. The fourth-order valence-electron chi connectivity index (χ4n) is 1.59. The molecule has 0 aliphatic heterocycles. The molecule has 0 bridgehead atoms. The van der Waals surface area contributed by atoms with Crippen molar-refractivity contribution in [1.82, 2.24) is 0 Å². The van der Waals surface area contributed by atoms with Crippen LogP contribution < -0.4 is 0 Å². The Morgan fingerprint density at radius 3 is 2.32 bits per heavy atom. The van der Waals surface area contributed by atoms with Gasteiger partial charge in [-0.05, 0) is 25.7 Å². The van der Waals surface area contributed by atoms with Gasteiger partial charge in [-0.3, -0.25) is 0 Å². The molecule has 0 rings (SSSR count). The van der Waals surface area contributed by atoms with Crippen LogP contribution in [-0.2, 0) is 14.3 Å². The quantitative estimate of drug-likeness (QED) is 0.505. The Balaban J connectivity index is 4.04. The van der Waals surface area contributed by atoms with E-state index < -0.39 is 24.7 Å². The predicted octanol–water partition coefficient (Wildman–Crippen LogP) is 3.49. The number of carbonyl (C=O) groups is 1. The average Bonchev–Trinajstić information content (AvgIpc) is 2.27. The van der Waals surface area contributed by atoms with Crippen molar-refractivity contribution in [1.29, 1.82) is 0 Å². The number of alkyl halides is 3. The van der Waals surface area contributed by atoms with Crippen molar-refractivity contribution >= 4 is 5.97 Å². The number of halogens is 3. The van der Waals surface area contributed by atoms with Gasteiger partial charge in [0.15, 0.2) is 0 Å². The average molecular weight is 282 g/mol. The van der Waals surface area contributed by atoms with E-state index in [0.717, 1.165) is 0 Å². The Labute approximate surface area is 111 Å². The molecule has 0 aliphatic carbocycles. The normalized spacial score (nSPS) is 14.8. The van der Waals surface area contributed by atoms with Gasteiger partial charge in [0.2, 0.25) is 0 Å². The van der Waals surface area contributed by atoms with Crippen LogP contribution in [0, 0.1) is 5.92 Å². The first-order valence-corrected chi connectivity index (χ1v) is 6.09. The Kier molecular flexibility index (Phi) is 7.75. The predicted molar refractivity (Wildman–Crippen MR) is 65.6 cm³/mol. The molecular formula is C13H21F3O3. The minimum absolute atomic E-state index is 0.0877. The summed E-state index contributed by atoms with van der Waals surface area (Å²) < 4.78 is 46.3. The fraction of sp³-hybridized carbons (Fsp3) is 0.769. The van der Waals surface area contributed by atoms with Crippen LogP contribution in [0.2, 0.25) is 0 Å². The van der Waals surface area contributed by atoms with E-state index in [1.54, 1.807) is 6.92 Å². The molecule has 19 heavy (non-hydrogen) atoms. The Hall–Kier alpha value is -1.04. The van der Waals surface area contributed by atoms with E-state index in [9.17, 15) is 18.0 Å². The van der Waals surface area contributed by atoms with Gasteiger partial charge in [-0.2, -0.15) is 13.2 Å². The van der Waals surface area contributed by atoms with Crippen molar-refractivity contribution in [3.05, 3.63) is 12.2 Å². The Morgan fingerprint density at radius 1 is 1.32 bits per heavy atom. The summed E-state index contributed by atoms with van der Waals surface area (Å²) in [7, 11) is 1.39. The molecule has 0 saturated carbocycles. The van der Waals surface area contributed by atoms with E-state index in [-0.39, 0.29) is 18.9 Å². The molecule has 0 aromatic heterocycles. The summed E-state index contributed by atoms with van der Waals surface area (Å²) >= 11 is 0. The molecule has 2 atom stereocenters. The van der Waals surface area contributed by atoms with Crippen molar-refractivity contribution in [2.75, 3.05) is 13.7 Å². The fourth-order valence-corrected chi connectivity index (χ4v) is 1.59. The molecule has 3 nitrogen and oxygen atoms in total. The van der Waals surface area contributed by atoms with E-state index >= 15 is 0 Å². The lowest BCUT2D eigenvalue weighted by Gasteiger charge is -2.23. The third-order valence-electron chi connectivity index (χ3n) is 2.80. The number of rotatable bonds is 8. The van der Waals surface area contributed by atoms with Gasteiger partial charge in [-0.1, -0.05) is 13.5 Å². The zero-order valence-electron chi connectivity index (χ0n) is 11.5. The molecule has 0 aromatic carbocycles. The minimum Gasteiger partial charge on any atom is -0.462 e. The Morgan fingerprint density at radius 2 is 1.89 bits per heavy atom. The summed E-state index contributed by atoms with van der Waals surface area (Å²) in [6.07, 6.45) is -5.18. The highest BCUT2D eigenvalue weighted by Crippen LogP contribution is 2.26. The van der Waals surface area contributed by atoms with Crippen molar-refractivity contribution in [2.45, 2.75) is 45.4 Å². The van der Waals surface area contributed by atoms with Crippen LogP contribution >= 0.6 is 0 Å². The van der Waals surface area contributed by atoms with Crippen LogP contribution in [0.25, 0.3) is 0 Å². The second-order valence-corrected chi connectivity index (χ2v) is 4.61. The van der Waals surface area contributed by atoms with E-state index in [0.29, 0.717) is 12.0 Å². The van der Waals surface area contributed by atoms with Crippen molar-refractivity contribution in [3.63, 3.8) is 0 Å². The number of esters is 1. The van der Waals surface area contributed by atoms with Gasteiger partial charge >= 0.3 is 12.1 Å². The molecule has 0 heterocycles. The maximum absolute atomic E-state index is 12.1. The molecular weight excluding hydrogens is 261 g/mol. The zero-order valence-corrected chi connectivity index (χ0v) is 11.5. The third kappa shape index (κ3) is 8.64. The van der Waals surface area contributed by atoms with E-state index in [1.165, 1.54) is 14.0 Å². The van der Waals surface area contributed by atoms with E-state index in [4.69, 9.17) is 9.47 Å². The Bertz CT molecular complexity index is 300. The first-order chi connectivity index (χ1) is 8.67.